The Hall–Kier alpha value is -3.02. The first-order valence-corrected chi connectivity index (χ1v) is 16.7. The quantitative estimate of drug-likeness (QED) is 0.260. The first kappa shape index (κ1) is 32.9. The third-order valence-electron chi connectivity index (χ3n) is 7.79. The summed E-state index contributed by atoms with van der Waals surface area (Å²) >= 11 is 0. The largest absolute Gasteiger partial charge is 0.493 e. The monoisotopic (exact) mass is 619 g/mol. The van der Waals surface area contributed by atoms with Crippen LogP contribution in [0.4, 0.5) is 0 Å². The molecule has 2 aliphatic heterocycles. The van der Waals surface area contributed by atoms with Crippen molar-refractivity contribution >= 4 is 15.6 Å². The lowest BCUT2D eigenvalue weighted by Crippen LogP contribution is -2.33. The average Bonchev–Trinajstić information content (AvgIpc) is 3.49. The van der Waals surface area contributed by atoms with Gasteiger partial charge in [-0.05, 0) is 87.5 Å². The van der Waals surface area contributed by atoms with Gasteiger partial charge in [-0.3, -0.25) is 9.69 Å². The molecule has 0 unspecified atom stereocenters. The molecular weight excluding hydrogens is 574 g/mol. The molecule has 2 aromatic rings. The Labute approximate surface area is 255 Å². The molecule has 0 saturated carbocycles. The highest BCUT2D eigenvalue weighted by molar-refractivity contribution is 7.92. The average molecular weight is 620 g/mol. The van der Waals surface area contributed by atoms with Crippen LogP contribution in [0.1, 0.15) is 75.7 Å². The van der Waals surface area contributed by atoms with E-state index in [9.17, 15) is 13.2 Å². The van der Waals surface area contributed by atoms with Gasteiger partial charge in [-0.15, -0.1) is 0 Å². The molecule has 2 heterocycles. The van der Waals surface area contributed by atoms with Crippen LogP contribution in [0.2, 0.25) is 0 Å². The third kappa shape index (κ3) is 8.13. The molecule has 4 rings (SSSR count). The number of ketones is 1. The van der Waals surface area contributed by atoms with E-state index in [2.05, 4.69) is 4.90 Å². The van der Waals surface area contributed by atoms with Crippen LogP contribution >= 0.6 is 0 Å². The van der Waals surface area contributed by atoms with Gasteiger partial charge >= 0.3 is 0 Å². The molecule has 0 spiro atoms. The van der Waals surface area contributed by atoms with E-state index < -0.39 is 27.5 Å². The minimum Gasteiger partial charge on any atom is -0.493 e. The van der Waals surface area contributed by atoms with Crippen molar-refractivity contribution in [1.82, 2.24) is 4.90 Å². The van der Waals surface area contributed by atoms with E-state index in [0.717, 1.165) is 25.2 Å². The Balaban J connectivity index is 1.68. The first-order valence-electron chi connectivity index (χ1n) is 15.0. The minimum atomic E-state index is -4.00. The van der Waals surface area contributed by atoms with Crippen molar-refractivity contribution in [3.63, 3.8) is 0 Å². The van der Waals surface area contributed by atoms with Crippen molar-refractivity contribution in [2.24, 2.45) is 0 Å². The Morgan fingerprint density at radius 3 is 2.00 bits per heavy atom. The van der Waals surface area contributed by atoms with Crippen LogP contribution in [0.25, 0.3) is 0 Å². The Bertz CT molecular complexity index is 1330. The van der Waals surface area contributed by atoms with Crippen LogP contribution in [0.3, 0.4) is 0 Å². The normalized spacial score (nSPS) is 19.2. The number of Topliss-reactive ketones (excluding diaryl/α,β-unsaturated/α-hetero) is 1. The molecule has 0 bridgehead atoms. The Kier molecular flexibility index (Phi) is 11.6. The van der Waals surface area contributed by atoms with E-state index in [1.165, 1.54) is 26.2 Å². The predicted molar refractivity (Wildman–Crippen MR) is 163 cm³/mol. The van der Waals surface area contributed by atoms with Crippen LogP contribution in [-0.4, -0.2) is 79.0 Å². The summed E-state index contributed by atoms with van der Waals surface area (Å²) in [4.78, 5) is 14.3. The summed E-state index contributed by atoms with van der Waals surface area (Å²) < 4.78 is 62.3. The summed E-state index contributed by atoms with van der Waals surface area (Å²) in [5, 5.41) is 0. The maximum Gasteiger partial charge on any atom is 0.203 e. The highest BCUT2D eigenvalue weighted by Crippen LogP contribution is 2.48. The molecule has 238 valence electrons. The number of nitrogens with zero attached hydrogens (tertiary/aromatic N) is 1. The van der Waals surface area contributed by atoms with Gasteiger partial charge in [0.15, 0.2) is 32.8 Å². The van der Waals surface area contributed by atoms with Gasteiger partial charge in [-0.2, -0.15) is 0 Å². The lowest BCUT2D eigenvalue weighted by molar-refractivity contribution is -0.114. The summed E-state index contributed by atoms with van der Waals surface area (Å²) in [6, 6.07) is 7.15. The molecule has 11 heteroatoms. The Morgan fingerprint density at radius 2 is 1.44 bits per heavy atom. The summed E-state index contributed by atoms with van der Waals surface area (Å²) in [7, 11) is 0.690. The van der Waals surface area contributed by atoms with Crippen molar-refractivity contribution in [2.45, 2.75) is 69.5 Å². The molecule has 2 aliphatic rings. The molecular formula is C32H45NO9S. The number of rotatable bonds is 15. The van der Waals surface area contributed by atoms with Crippen LogP contribution in [0.5, 0.6) is 28.7 Å². The standard InChI is InChI=1S/C32H45NO9S/c1-6-15-41-32-29(40-16-14-33-12-8-7-9-13-33)19-24(20-30(32)43(35,36)21-22(2)34)26-11-10-25(42-26)23-17-27(37-3)31(39-5)28(18-23)38-4/h17-20,25-26H,6-16,21H2,1-5H3/t25-,26-/m0/s1. The maximum absolute atomic E-state index is 13.5. The van der Waals surface area contributed by atoms with Crippen molar-refractivity contribution in [3.05, 3.63) is 35.4 Å². The van der Waals surface area contributed by atoms with Crippen LogP contribution < -0.4 is 23.7 Å². The lowest BCUT2D eigenvalue weighted by Gasteiger charge is -2.26. The second-order valence-corrected chi connectivity index (χ2v) is 13.0. The van der Waals surface area contributed by atoms with Crippen molar-refractivity contribution in [2.75, 3.05) is 59.9 Å². The summed E-state index contributed by atoms with van der Waals surface area (Å²) in [6.45, 7) is 6.70. The molecule has 2 atom stereocenters. The van der Waals surface area contributed by atoms with Crippen molar-refractivity contribution in [1.29, 1.82) is 0 Å². The zero-order chi connectivity index (χ0) is 31.0. The predicted octanol–water partition coefficient (Wildman–Crippen LogP) is 5.32. The van der Waals surface area contributed by atoms with E-state index in [0.29, 0.717) is 61.0 Å². The Morgan fingerprint density at radius 1 is 0.837 bits per heavy atom. The third-order valence-corrected chi connectivity index (χ3v) is 9.55. The van der Waals surface area contributed by atoms with E-state index >= 15 is 0 Å². The molecule has 0 aliphatic carbocycles. The van der Waals surface area contributed by atoms with Gasteiger partial charge in [-0.25, -0.2) is 8.42 Å². The fraction of sp³-hybridized carbons (Fsp3) is 0.594. The topological polar surface area (TPSA) is 110 Å². The molecule has 0 N–H and O–H groups in total. The lowest BCUT2D eigenvalue weighted by atomic mass is 10.0. The molecule has 0 radical (unpaired) electrons. The zero-order valence-corrected chi connectivity index (χ0v) is 26.8. The fourth-order valence-corrected chi connectivity index (χ4v) is 7.14. The van der Waals surface area contributed by atoms with Crippen LogP contribution in [0.15, 0.2) is 29.2 Å². The zero-order valence-electron chi connectivity index (χ0n) is 26.0. The minimum absolute atomic E-state index is 0.0403. The fourth-order valence-electron chi connectivity index (χ4n) is 5.70. The molecule has 2 aromatic carbocycles. The second kappa shape index (κ2) is 15.1. The maximum atomic E-state index is 13.5. The second-order valence-electron chi connectivity index (χ2n) is 11.1. The highest BCUT2D eigenvalue weighted by Gasteiger charge is 2.33. The molecule has 0 aromatic heterocycles. The van der Waals surface area contributed by atoms with Crippen molar-refractivity contribution in [3.8, 4) is 28.7 Å². The number of piperidine rings is 1. The van der Waals surface area contributed by atoms with E-state index in [1.807, 2.05) is 25.1 Å². The SMILES string of the molecule is CCCOc1c(OCCN2CCCCC2)cc([C@@H]2CC[C@@H](c3cc(OC)c(OC)c(OC)c3)O2)cc1S(=O)(=O)CC(C)=O. The molecule has 2 fully saturated rings. The number of hydrogen-bond donors (Lipinski definition) is 0. The first-order chi connectivity index (χ1) is 20.7. The number of sulfone groups is 1. The number of likely N-dealkylation sites (tertiary alicyclic amines) is 1. The van der Waals surface area contributed by atoms with E-state index in [-0.39, 0.29) is 16.7 Å². The van der Waals surface area contributed by atoms with Gasteiger partial charge in [0.2, 0.25) is 5.75 Å². The molecule has 43 heavy (non-hydrogen) atoms. The molecule has 10 nitrogen and oxygen atoms in total. The number of methoxy groups -OCH3 is 3. The number of carbonyl (C=O) groups is 1. The van der Waals surface area contributed by atoms with Gasteiger partial charge in [0.1, 0.15) is 23.0 Å². The van der Waals surface area contributed by atoms with Crippen molar-refractivity contribution < 1.29 is 41.6 Å². The van der Waals surface area contributed by atoms with Crippen LogP contribution in [-0.2, 0) is 19.4 Å². The summed E-state index contributed by atoms with van der Waals surface area (Å²) in [5.41, 5.74) is 1.52. The van der Waals surface area contributed by atoms with E-state index in [4.69, 9.17) is 28.4 Å². The van der Waals surface area contributed by atoms with Gasteiger partial charge in [0, 0.05) is 6.54 Å². The van der Waals surface area contributed by atoms with E-state index in [1.54, 1.807) is 27.4 Å². The van der Waals surface area contributed by atoms with Gasteiger partial charge in [-0.1, -0.05) is 13.3 Å². The molecule has 0 amide bonds. The number of benzene rings is 2. The van der Waals surface area contributed by atoms with Gasteiger partial charge in [0.25, 0.3) is 0 Å². The summed E-state index contributed by atoms with van der Waals surface area (Å²) in [5.74, 6) is 1.00. The smallest absolute Gasteiger partial charge is 0.203 e. The van der Waals surface area contributed by atoms with Gasteiger partial charge in [0.05, 0.1) is 40.1 Å². The van der Waals surface area contributed by atoms with Crippen LogP contribution in [0, 0.1) is 0 Å². The number of ether oxygens (including phenoxy) is 6. The summed E-state index contributed by atoms with van der Waals surface area (Å²) in [6.07, 6.45) is 4.91. The highest BCUT2D eigenvalue weighted by atomic mass is 32.2. The van der Waals surface area contributed by atoms with Gasteiger partial charge < -0.3 is 28.4 Å². The number of hydrogen-bond acceptors (Lipinski definition) is 10. The molecule has 2 saturated heterocycles. The number of carbonyl (C=O) groups excluding carboxylic acids is 1.